The Balaban J connectivity index is 2.86. The predicted molar refractivity (Wildman–Crippen MR) is 80.8 cm³/mol. The van der Waals surface area contributed by atoms with Gasteiger partial charge < -0.3 is 14.8 Å². The van der Waals surface area contributed by atoms with Crippen molar-refractivity contribution in [3.63, 3.8) is 0 Å². The lowest BCUT2D eigenvalue weighted by Crippen LogP contribution is -2.41. The van der Waals surface area contributed by atoms with Crippen molar-refractivity contribution in [2.45, 2.75) is 26.3 Å². The van der Waals surface area contributed by atoms with E-state index in [-0.39, 0.29) is 0 Å². The number of nitrogens with one attached hydrogen (secondary N) is 1. The first-order chi connectivity index (χ1) is 9.80. The van der Waals surface area contributed by atoms with E-state index in [4.69, 9.17) is 4.74 Å². The van der Waals surface area contributed by atoms with Crippen molar-refractivity contribution in [2.24, 2.45) is 0 Å². The summed E-state index contributed by atoms with van der Waals surface area (Å²) >= 11 is 3.29. The molecular weight excluding hydrogens is 342 g/mol. The van der Waals surface area contributed by atoms with E-state index in [2.05, 4.69) is 31.1 Å². The summed E-state index contributed by atoms with van der Waals surface area (Å²) in [4.78, 5) is 22.9. The molecule has 1 heterocycles. The summed E-state index contributed by atoms with van der Waals surface area (Å²) in [6.45, 7) is 5.62. The molecule has 0 unspecified atom stereocenters. The standard InChI is InChI=1S/C13H18BrN3O4/c1-5-21-11(18)9-8-15-17(10(9)14)7-6-13(2,3)16-12(19)20-4/h6-8H,5H2,1-4H3,(H,16,19). The van der Waals surface area contributed by atoms with Crippen LogP contribution < -0.4 is 5.32 Å². The number of aromatic nitrogens is 2. The molecule has 0 saturated heterocycles. The van der Waals surface area contributed by atoms with E-state index in [1.165, 1.54) is 18.0 Å². The summed E-state index contributed by atoms with van der Waals surface area (Å²) in [6, 6.07) is 0. The number of alkyl carbamates (subject to hydrolysis) is 1. The van der Waals surface area contributed by atoms with E-state index in [0.717, 1.165) is 0 Å². The van der Waals surface area contributed by atoms with Crippen LogP contribution in [0.3, 0.4) is 0 Å². The summed E-state index contributed by atoms with van der Waals surface area (Å²) in [7, 11) is 1.30. The summed E-state index contributed by atoms with van der Waals surface area (Å²) in [5.41, 5.74) is -0.303. The fraction of sp³-hybridized carbons (Fsp3) is 0.462. The Morgan fingerprint density at radius 1 is 1.52 bits per heavy atom. The van der Waals surface area contributed by atoms with Gasteiger partial charge in [-0.05, 0) is 42.8 Å². The van der Waals surface area contributed by atoms with Crippen LogP contribution in [0, 0.1) is 0 Å². The van der Waals surface area contributed by atoms with Crippen molar-refractivity contribution in [1.29, 1.82) is 0 Å². The Morgan fingerprint density at radius 2 is 2.19 bits per heavy atom. The topological polar surface area (TPSA) is 82.5 Å². The first kappa shape index (κ1) is 17.2. The second-order valence-corrected chi connectivity index (χ2v) is 5.42. The number of halogens is 1. The van der Waals surface area contributed by atoms with Gasteiger partial charge in [-0.3, -0.25) is 0 Å². The van der Waals surface area contributed by atoms with E-state index in [1.54, 1.807) is 33.0 Å². The van der Waals surface area contributed by atoms with Gasteiger partial charge in [0.05, 0.1) is 25.5 Å². The predicted octanol–water partition coefficient (Wildman–Crippen LogP) is 2.43. The summed E-state index contributed by atoms with van der Waals surface area (Å²) in [5.74, 6) is -0.448. The van der Waals surface area contributed by atoms with Crippen LogP contribution >= 0.6 is 15.9 Å². The number of methoxy groups -OCH3 is 1. The van der Waals surface area contributed by atoms with E-state index >= 15 is 0 Å². The smallest absolute Gasteiger partial charge is 0.407 e. The van der Waals surface area contributed by atoms with Gasteiger partial charge in [-0.1, -0.05) is 0 Å². The molecule has 21 heavy (non-hydrogen) atoms. The second kappa shape index (κ2) is 7.26. The van der Waals surface area contributed by atoms with Crippen LogP contribution in [0.2, 0.25) is 0 Å². The zero-order valence-electron chi connectivity index (χ0n) is 12.3. The third-order valence-corrected chi connectivity index (χ3v) is 3.26. The molecule has 1 rings (SSSR count). The molecule has 1 amide bonds. The minimum atomic E-state index is -0.636. The second-order valence-electron chi connectivity index (χ2n) is 4.67. The van der Waals surface area contributed by atoms with Crippen LogP contribution in [0.15, 0.2) is 16.9 Å². The average molecular weight is 360 g/mol. The maximum atomic E-state index is 11.7. The first-order valence-corrected chi connectivity index (χ1v) is 7.05. The fourth-order valence-electron chi connectivity index (χ4n) is 1.41. The molecule has 0 aromatic carbocycles. The summed E-state index contributed by atoms with van der Waals surface area (Å²) in [6.07, 6.45) is 4.23. The van der Waals surface area contributed by atoms with Gasteiger partial charge in [0.15, 0.2) is 0 Å². The lowest BCUT2D eigenvalue weighted by Gasteiger charge is -2.20. The van der Waals surface area contributed by atoms with E-state index in [9.17, 15) is 9.59 Å². The van der Waals surface area contributed by atoms with Gasteiger partial charge >= 0.3 is 12.1 Å². The van der Waals surface area contributed by atoms with Crippen LogP contribution in [-0.4, -0.2) is 41.1 Å². The molecule has 1 N–H and O–H groups in total. The highest BCUT2D eigenvalue weighted by Gasteiger charge is 2.19. The quantitative estimate of drug-likeness (QED) is 0.816. The molecule has 116 valence electrons. The number of esters is 1. The monoisotopic (exact) mass is 359 g/mol. The van der Waals surface area contributed by atoms with Crippen LogP contribution in [0.25, 0.3) is 6.20 Å². The zero-order valence-corrected chi connectivity index (χ0v) is 13.9. The minimum absolute atomic E-state index is 0.294. The minimum Gasteiger partial charge on any atom is -0.462 e. The highest BCUT2D eigenvalue weighted by Crippen LogP contribution is 2.18. The van der Waals surface area contributed by atoms with Gasteiger partial charge in [-0.2, -0.15) is 5.10 Å². The Kier molecular flexibility index (Phi) is 5.95. The molecule has 0 aliphatic rings. The van der Waals surface area contributed by atoms with Gasteiger partial charge in [0.2, 0.25) is 0 Å². The van der Waals surface area contributed by atoms with Crippen molar-refractivity contribution in [2.75, 3.05) is 13.7 Å². The molecule has 0 fully saturated rings. The zero-order chi connectivity index (χ0) is 16.0. The number of carbonyl (C=O) groups excluding carboxylic acids is 2. The number of ether oxygens (including phenoxy) is 2. The van der Waals surface area contributed by atoms with Crippen molar-refractivity contribution in [1.82, 2.24) is 15.1 Å². The van der Waals surface area contributed by atoms with E-state index in [1.807, 2.05) is 0 Å². The molecule has 0 atom stereocenters. The van der Waals surface area contributed by atoms with Crippen LogP contribution in [0.4, 0.5) is 4.79 Å². The Hall–Kier alpha value is -1.83. The maximum absolute atomic E-state index is 11.7. The molecule has 1 aromatic rings. The SMILES string of the molecule is CCOC(=O)c1cnn(C=CC(C)(C)NC(=O)OC)c1Br. The number of carbonyl (C=O) groups is 2. The van der Waals surface area contributed by atoms with Crippen molar-refractivity contribution in [3.8, 4) is 0 Å². The summed E-state index contributed by atoms with van der Waals surface area (Å²) < 4.78 is 11.4. The van der Waals surface area contributed by atoms with E-state index in [0.29, 0.717) is 16.8 Å². The maximum Gasteiger partial charge on any atom is 0.407 e. The third-order valence-electron chi connectivity index (χ3n) is 2.47. The average Bonchev–Trinajstić information content (AvgIpc) is 2.77. The normalized spacial score (nSPS) is 11.5. The molecule has 0 spiro atoms. The van der Waals surface area contributed by atoms with Crippen LogP contribution in [-0.2, 0) is 9.47 Å². The first-order valence-electron chi connectivity index (χ1n) is 6.26. The molecule has 7 nitrogen and oxygen atoms in total. The van der Waals surface area contributed by atoms with E-state index < -0.39 is 17.6 Å². The number of hydrogen-bond donors (Lipinski definition) is 1. The number of rotatable bonds is 5. The van der Waals surface area contributed by atoms with Crippen molar-refractivity contribution in [3.05, 3.63) is 22.4 Å². The fourth-order valence-corrected chi connectivity index (χ4v) is 1.88. The highest BCUT2D eigenvalue weighted by molar-refractivity contribution is 9.10. The molecule has 8 heteroatoms. The molecule has 0 saturated carbocycles. The van der Waals surface area contributed by atoms with Crippen LogP contribution in [0.1, 0.15) is 31.1 Å². The summed E-state index contributed by atoms with van der Waals surface area (Å²) in [5, 5.41) is 6.71. The number of nitrogens with zero attached hydrogens (tertiary/aromatic N) is 2. The van der Waals surface area contributed by atoms with Crippen LogP contribution in [0.5, 0.6) is 0 Å². The molecular formula is C13H18BrN3O4. The Bertz CT molecular complexity index is 552. The Labute approximate surface area is 131 Å². The molecule has 0 aliphatic heterocycles. The van der Waals surface area contributed by atoms with Gasteiger partial charge in [0.25, 0.3) is 0 Å². The third kappa shape index (κ3) is 4.89. The molecule has 1 aromatic heterocycles. The molecule has 0 bridgehead atoms. The number of hydrogen-bond acceptors (Lipinski definition) is 5. The van der Waals surface area contributed by atoms with Crippen molar-refractivity contribution >= 4 is 34.2 Å². The molecule has 0 radical (unpaired) electrons. The lowest BCUT2D eigenvalue weighted by molar-refractivity contribution is 0.0525. The number of amides is 1. The highest BCUT2D eigenvalue weighted by atomic mass is 79.9. The van der Waals surface area contributed by atoms with Gasteiger partial charge in [-0.15, -0.1) is 0 Å². The van der Waals surface area contributed by atoms with Gasteiger partial charge in [0.1, 0.15) is 10.2 Å². The largest absolute Gasteiger partial charge is 0.462 e. The Morgan fingerprint density at radius 3 is 2.76 bits per heavy atom. The molecule has 0 aliphatic carbocycles. The van der Waals surface area contributed by atoms with Crippen molar-refractivity contribution < 1.29 is 19.1 Å². The van der Waals surface area contributed by atoms with Gasteiger partial charge in [-0.25, -0.2) is 14.3 Å². The lowest BCUT2D eigenvalue weighted by atomic mass is 10.1. The van der Waals surface area contributed by atoms with Gasteiger partial charge in [0, 0.05) is 6.20 Å².